The van der Waals surface area contributed by atoms with Crippen LogP contribution in [0.4, 0.5) is 11.8 Å². The van der Waals surface area contributed by atoms with Crippen molar-refractivity contribution in [2.45, 2.75) is 49.8 Å². The van der Waals surface area contributed by atoms with Gasteiger partial charge >= 0.3 is 0 Å². The average Bonchev–Trinajstić information content (AvgIpc) is 3.87. The molecule has 2 fully saturated rings. The minimum Gasteiger partial charge on any atom is -0.387 e. The summed E-state index contributed by atoms with van der Waals surface area (Å²) in [6, 6.07) is 23.6. The Bertz CT molecular complexity index is 1890. The Hall–Kier alpha value is -5.44. The van der Waals surface area contributed by atoms with Gasteiger partial charge in [0.05, 0.1) is 6.33 Å². The van der Waals surface area contributed by atoms with Gasteiger partial charge in [-0.3, -0.25) is 19.1 Å². The third kappa shape index (κ3) is 6.72. The number of benzene rings is 2. The van der Waals surface area contributed by atoms with Gasteiger partial charge in [0.2, 0.25) is 5.95 Å². The number of nitrogens with one attached hydrogen (secondary N) is 3. The smallest absolute Gasteiger partial charge is 0.252 e. The van der Waals surface area contributed by atoms with Crippen molar-refractivity contribution in [2.75, 3.05) is 36.4 Å². The molecule has 0 unspecified atom stereocenters. The summed E-state index contributed by atoms with van der Waals surface area (Å²) in [6.07, 6.45) is 0.0345. The number of amides is 2. The standard InChI is InChI=1S/C36H39N9O5/c1-2-38-34(49)30-28(46)29(47)35(50-30)45-21-40-27-31(39-19-26(22-9-5-3-6-10-22)23-11-7-4-8-12-23)42-36(43-32(27)45)44-18-15-25(20-44)41-33(48)24-13-16-37-17-14-24/h3-14,16-17,21,25-26,28-30,35,46-47H,2,15,18-20H2,1H3,(H,38,49)(H,41,48)(H,39,42,43)/t25-,28+,29-,30+,35-/m1/s1. The molecule has 7 rings (SSSR count). The molecule has 3 aromatic heterocycles. The first-order chi connectivity index (χ1) is 24.4. The van der Waals surface area contributed by atoms with E-state index in [9.17, 15) is 19.8 Å². The second-order valence-corrected chi connectivity index (χ2v) is 12.4. The topological polar surface area (TPSA) is 180 Å². The lowest BCUT2D eigenvalue weighted by molar-refractivity contribution is -0.137. The molecule has 14 nitrogen and oxygen atoms in total. The predicted octanol–water partition coefficient (Wildman–Crippen LogP) is 2.23. The van der Waals surface area contributed by atoms with Crippen LogP contribution in [0, 0.1) is 0 Å². The second kappa shape index (κ2) is 14.6. The number of carbonyl (C=O) groups excluding carboxylic acids is 2. The van der Waals surface area contributed by atoms with Crippen LogP contribution < -0.4 is 20.9 Å². The van der Waals surface area contributed by atoms with E-state index < -0.39 is 30.4 Å². The molecular weight excluding hydrogens is 638 g/mol. The van der Waals surface area contributed by atoms with Gasteiger partial charge in [0, 0.05) is 56.1 Å². The molecule has 50 heavy (non-hydrogen) atoms. The molecule has 2 aliphatic rings. The van der Waals surface area contributed by atoms with E-state index in [1.165, 1.54) is 10.9 Å². The quantitative estimate of drug-likeness (QED) is 0.138. The number of hydrogen-bond acceptors (Lipinski definition) is 11. The van der Waals surface area contributed by atoms with Crippen LogP contribution in [0.5, 0.6) is 0 Å². The largest absolute Gasteiger partial charge is 0.387 e. The van der Waals surface area contributed by atoms with E-state index >= 15 is 0 Å². The Morgan fingerprint density at radius 2 is 1.66 bits per heavy atom. The van der Waals surface area contributed by atoms with Gasteiger partial charge < -0.3 is 35.8 Å². The van der Waals surface area contributed by atoms with Crippen LogP contribution in [-0.2, 0) is 9.53 Å². The molecule has 2 amide bonds. The number of aromatic nitrogens is 5. The van der Waals surface area contributed by atoms with Crippen LogP contribution in [0.2, 0.25) is 0 Å². The fourth-order valence-corrected chi connectivity index (χ4v) is 6.57. The number of carbonyl (C=O) groups is 2. The van der Waals surface area contributed by atoms with E-state index in [1.807, 2.05) is 41.3 Å². The molecule has 0 spiro atoms. The third-order valence-corrected chi connectivity index (χ3v) is 9.16. The fraction of sp³-hybridized carbons (Fsp3) is 0.333. The van der Waals surface area contributed by atoms with E-state index in [2.05, 4.69) is 50.2 Å². The summed E-state index contributed by atoms with van der Waals surface area (Å²) in [5, 5.41) is 31.1. The predicted molar refractivity (Wildman–Crippen MR) is 185 cm³/mol. The number of aliphatic hydroxyl groups excluding tert-OH is 2. The lowest BCUT2D eigenvalue weighted by atomic mass is 9.91. The van der Waals surface area contributed by atoms with E-state index in [4.69, 9.17) is 14.7 Å². The van der Waals surface area contributed by atoms with E-state index in [1.54, 1.807) is 31.5 Å². The number of ether oxygens (including phenoxy) is 1. The van der Waals surface area contributed by atoms with Gasteiger partial charge in [-0.2, -0.15) is 9.97 Å². The summed E-state index contributed by atoms with van der Waals surface area (Å²) in [7, 11) is 0. The van der Waals surface area contributed by atoms with Gasteiger partial charge in [-0.15, -0.1) is 0 Å². The zero-order valence-electron chi connectivity index (χ0n) is 27.5. The Morgan fingerprint density at radius 3 is 2.34 bits per heavy atom. The second-order valence-electron chi connectivity index (χ2n) is 12.4. The van der Waals surface area contributed by atoms with Crippen molar-refractivity contribution >= 4 is 34.7 Å². The highest BCUT2D eigenvalue weighted by molar-refractivity contribution is 5.94. The first-order valence-electron chi connectivity index (χ1n) is 16.7. The van der Waals surface area contributed by atoms with Gasteiger partial charge in [0.1, 0.15) is 12.2 Å². The number of likely N-dealkylation sites (N-methyl/N-ethyl adjacent to an activating group) is 1. The third-order valence-electron chi connectivity index (χ3n) is 9.16. The number of nitrogens with zero attached hydrogens (tertiary/aromatic N) is 6. The minimum atomic E-state index is -1.45. The number of rotatable bonds is 11. The van der Waals surface area contributed by atoms with E-state index in [0.29, 0.717) is 61.1 Å². The molecule has 5 atom stereocenters. The molecule has 0 radical (unpaired) electrons. The molecule has 0 saturated carbocycles. The highest BCUT2D eigenvalue weighted by atomic mass is 16.6. The first-order valence-corrected chi connectivity index (χ1v) is 16.7. The Balaban J connectivity index is 1.21. The maximum Gasteiger partial charge on any atom is 0.252 e. The summed E-state index contributed by atoms with van der Waals surface area (Å²) >= 11 is 0. The van der Waals surface area contributed by atoms with Gasteiger partial charge in [-0.05, 0) is 36.6 Å². The highest BCUT2D eigenvalue weighted by Crippen LogP contribution is 2.34. The molecule has 2 aliphatic heterocycles. The van der Waals surface area contributed by atoms with Gasteiger partial charge in [0.25, 0.3) is 11.8 Å². The molecular formula is C36H39N9O5. The normalized spacial score (nSPS) is 21.8. The molecule has 5 heterocycles. The van der Waals surface area contributed by atoms with Crippen molar-refractivity contribution in [3.63, 3.8) is 0 Å². The monoisotopic (exact) mass is 677 g/mol. The number of fused-ring (bicyclic) bond motifs is 1. The van der Waals surface area contributed by atoms with Crippen molar-refractivity contribution in [3.8, 4) is 0 Å². The number of aliphatic hydroxyl groups is 2. The van der Waals surface area contributed by atoms with Crippen molar-refractivity contribution < 1.29 is 24.5 Å². The van der Waals surface area contributed by atoms with Crippen molar-refractivity contribution in [3.05, 3.63) is 108 Å². The molecule has 2 saturated heterocycles. The first kappa shape index (κ1) is 33.1. The summed E-state index contributed by atoms with van der Waals surface area (Å²) in [5.41, 5.74) is 3.57. The Labute approximate surface area is 288 Å². The summed E-state index contributed by atoms with van der Waals surface area (Å²) < 4.78 is 7.47. The van der Waals surface area contributed by atoms with Crippen LogP contribution in [-0.4, -0.2) is 97.1 Å². The maximum atomic E-state index is 12.9. The summed E-state index contributed by atoms with van der Waals surface area (Å²) in [5.74, 6) is 0.148. The zero-order chi connectivity index (χ0) is 34.6. The molecule has 0 bridgehead atoms. The number of hydrogen-bond donors (Lipinski definition) is 5. The molecule has 2 aromatic carbocycles. The van der Waals surface area contributed by atoms with Crippen LogP contribution in [0.3, 0.4) is 0 Å². The molecule has 5 aromatic rings. The highest BCUT2D eigenvalue weighted by Gasteiger charge is 2.47. The van der Waals surface area contributed by atoms with E-state index in [0.717, 1.165) is 11.1 Å². The van der Waals surface area contributed by atoms with Crippen molar-refractivity contribution in [1.29, 1.82) is 0 Å². The van der Waals surface area contributed by atoms with E-state index in [-0.39, 0.29) is 17.9 Å². The lowest BCUT2D eigenvalue weighted by Gasteiger charge is -2.22. The summed E-state index contributed by atoms with van der Waals surface area (Å²) in [4.78, 5) is 46.0. The zero-order valence-corrected chi connectivity index (χ0v) is 27.5. The van der Waals surface area contributed by atoms with Crippen LogP contribution in [0.15, 0.2) is 91.5 Å². The molecule has 5 N–H and O–H groups in total. The number of anilines is 2. The Kier molecular flexibility index (Phi) is 9.65. The summed E-state index contributed by atoms with van der Waals surface area (Å²) in [6.45, 7) is 3.64. The van der Waals surface area contributed by atoms with Gasteiger partial charge in [-0.25, -0.2) is 4.98 Å². The minimum absolute atomic E-state index is 0.0134. The van der Waals surface area contributed by atoms with Gasteiger partial charge in [-0.1, -0.05) is 60.7 Å². The molecule has 258 valence electrons. The van der Waals surface area contributed by atoms with Crippen LogP contribution in [0.25, 0.3) is 11.2 Å². The van der Waals surface area contributed by atoms with Crippen LogP contribution >= 0.6 is 0 Å². The number of imidazole rings is 1. The maximum absolute atomic E-state index is 12.9. The lowest BCUT2D eigenvalue weighted by Crippen LogP contribution is -2.42. The SMILES string of the molecule is CCNC(=O)[C@H]1O[C@@H](n2cnc3c(NCC(c4ccccc4)c4ccccc4)nc(N4CC[C@@H](NC(=O)c5ccncc5)C4)nc32)[C@H](O)[C@@H]1O. The molecule has 0 aliphatic carbocycles. The van der Waals surface area contributed by atoms with Crippen LogP contribution in [0.1, 0.15) is 47.0 Å². The molecule has 14 heteroatoms. The number of pyridine rings is 1. The van der Waals surface area contributed by atoms with Crippen molar-refractivity contribution in [2.24, 2.45) is 0 Å². The average molecular weight is 678 g/mol. The van der Waals surface area contributed by atoms with Gasteiger partial charge in [0.15, 0.2) is 29.3 Å². The van der Waals surface area contributed by atoms with Crippen molar-refractivity contribution in [1.82, 2.24) is 35.1 Å². The fourth-order valence-electron chi connectivity index (χ4n) is 6.57. The Morgan fingerprint density at radius 1 is 0.960 bits per heavy atom.